The Balaban J connectivity index is 1.55. The van der Waals surface area contributed by atoms with Gasteiger partial charge in [-0.3, -0.25) is 9.17 Å². The first-order valence-electron chi connectivity index (χ1n) is 7.43. The molecule has 0 saturated carbocycles. The van der Waals surface area contributed by atoms with Crippen LogP contribution in [0.1, 0.15) is 23.7 Å². The highest BCUT2D eigenvalue weighted by Gasteiger charge is 2.25. The molecule has 0 aliphatic heterocycles. The number of fused-ring (bicyclic) bond motifs is 1. The first-order valence-corrected chi connectivity index (χ1v) is 8.63. The average Bonchev–Trinajstić information content (AvgIpc) is 3.16. The van der Waals surface area contributed by atoms with Crippen LogP contribution in [0.25, 0.3) is 10.4 Å². The zero-order chi connectivity index (χ0) is 15.8. The Morgan fingerprint density at radius 3 is 2.74 bits per heavy atom. The Morgan fingerprint density at radius 1 is 1.17 bits per heavy atom. The normalized spacial score (nSPS) is 16.3. The number of H-pyrrole nitrogens is 1. The van der Waals surface area contributed by atoms with E-state index in [1.807, 2.05) is 36.4 Å². The maximum absolute atomic E-state index is 11.2. The van der Waals surface area contributed by atoms with Crippen LogP contribution in [-0.2, 0) is 6.42 Å². The minimum absolute atomic E-state index is 0.0536. The zero-order valence-electron chi connectivity index (χ0n) is 12.2. The number of aromatic amines is 1. The SMILES string of the molecule is O=c1cc(-c2ccc(O[C@@H]3CCc4c(Cl)cccc43)cc2)s[nH]1. The van der Waals surface area contributed by atoms with Crippen LogP contribution in [0.4, 0.5) is 0 Å². The Bertz CT molecular complexity index is 898. The van der Waals surface area contributed by atoms with Gasteiger partial charge in [0.2, 0.25) is 0 Å². The molecular weight excluding hydrogens is 330 g/mol. The van der Waals surface area contributed by atoms with Crippen LogP contribution in [0.15, 0.2) is 53.3 Å². The fourth-order valence-electron chi connectivity index (χ4n) is 2.98. The van der Waals surface area contributed by atoms with Crippen molar-refractivity contribution in [1.29, 1.82) is 0 Å². The van der Waals surface area contributed by atoms with Crippen molar-refractivity contribution in [3.63, 3.8) is 0 Å². The number of ether oxygens (including phenoxy) is 1. The summed E-state index contributed by atoms with van der Waals surface area (Å²) in [6.07, 6.45) is 1.95. The van der Waals surface area contributed by atoms with Gasteiger partial charge in [-0.25, -0.2) is 0 Å². The molecule has 1 heterocycles. The van der Waals surface area contributed by atoms with Crippen molar-refractivity contribution >= 4 is 23.1 Å². The highest BCUT2D eigenvalue weighted by Crippen LogP contribution is 2.38. The molecule has 0 fully saturated rings. The molecule has 0 saturated heterocycles. The first-order chi connectivity index (χ1) is 11.2. The van der Waals surface area contributed by atoms with Gasteiger partial charge in [0.1, 0.15) is 11.9 Å². The Morgan fingerprint density at radius 2 is 2.00 bits per heavy atom. The maximum atomic E-state index is 11.2. The molecule has 3 nitrogen and oxygen atoms in total. The second kappa shape index (κ2) is 5.87. The molecule has 1 N–H and O–H groups in total. The molecule has 0 unspecified atom stereocenters. The summed E-state index contributed by atoms with van der Waals surface area (Å²) >= 11 is 7.59. The lowest BCUT2D eigenvalue weighted by Crippen LogP contribution is -2.03. The van der Waals surface area contributed by atoms with Crippen LogP contribution in [0.5, 0.6) is 5.75 Å². The van der Waals surface area contributed by atoms with Crippen molar-refractivity contribution in [2.75, 3.05) is 0 Å². The largest absolute Gasteiger partial charge is 0.486 e. The van der Waals surface area contributed by atoms with Crippen LogP contribution in [0.3, 0.4) is 0 Å². The van der Waals surface area contributed by atoms with Gasteiger partial charge in [0, 0.05) is 11.1 Å². The summed E-state index contributed by atoms with van der Waals surface area (Å²) in [5, 5.41) is 0.825. The van der Waals surface area contributed by atoms with Crippen molar-refractivity contribution in [1.82, 2.24) is 4.37 Å². The van der Waals surface area contributed by atoms with E-state index in [9.17, 15) is 4.79 Å². The van der Waals surface area contributed by atoms with Crippen LogP contribution in [0.2, 0.25) is 5.02 Å². The van der Waals surface area contributed by atoms with Gasteiger partial charge in [-0.2, -0.15) is 0 Å². The van der Waals surface area contributed by atoms with Crippen LogP contribution in [0, 0.1) is 0 Å². The number of halogens is 1. The third-order valence-electron chi connectivity index (χ3n) is 4.10. The van der Waals surface area contributed by atoms with Crippen LogP contribution < -0.4 is 10.3 Å². The van der Waals surface area contributed by atoms with E-state index in [1.165, 1.54) is 22.7 Å². The molecule has 0 bridgehead atoms. The van der Waals surface area contributed by atoms with E-state index in [-0.39, 0.29) is 11.7 Å². The molecule has 0 radical (unpaired) electrons. The molecule has 1 aromatic heterocycles. The highest BCUT2D eigenvalue weighted by molar-refractivity contribution is 7.09. The summed E-state index contributed by atoms with van der Waals surface area (Å²) in [6, 6.07) is 15.4. The molecule has 0 spiro atoms. The minimum Gasteiger partial charge on any atom is -0.486 e. The molecule has 23 heavy (non-hydrogen) atoms. The van der Waals surface area contributed by atoms with Crippen molar-refractivity contribution in [3.8, 4) is 16.2 Å². The summed E-state index contributed by atoms with van der Waals surface area (Å²) in [5.74, 6) is 0.828. The monoisotopic (exact) mass is 343 g/mol. The summed E-state index contributed by atoms with van der Waals surface area (Å²) in [6.45, 7) is 0. The maximum Gasteiger partial charge on any atom is 0.258 e. The zero-order valence-corrected chi connectivity index (χ0v) is 13.8. The molecule has 1 aliphatic rings. The Labute approximate surface area is 142 Å². The van der Waals surface area contributed by atoms with Gasteiger partial charge < -0.3 is 4.74 Å². The average molecular weight is 344 g/mol. The fourth-order valence-corrected chi connectivity index (χ4v) is 3.95. The van der Waals surface area contributed by atoms with Gasteiger partial charge in [0.15, 0.2) is 0 Å². The quantitative estimate of drug-likeness (QED) is 0.740. The van der Waals surface area contributed by atoms with Crippen molar-refractivity contribution < 1.29 is 4.74 Å². The van der Waals surface area contributed by atoms with Crippen LogP contribution >= 0.6 is 23.1 Å². The molecule has 4 rings (SSSR count). The fraction of sp³-hybridized carbons (Fsp3) is 0.167. The lowest BCUT2D eigenvalue weighted by atomic mass is 10.1. The predicted molar refractivity (Wildman–Crippen MR) is 93.5 cm³/mol. The number of aromatic nitrogens is 1. The van der Waals surface area contributed by atoms with Gasteiger partial charge in [-0.1, -0.05) is 35.3 Å². The molecule has 3 aromatic rings. The second-order valence-electron chi connectivity index (χ2n) is 5.55. The first kappa shape index (κ1) is 14.5. The topological polar surface area (TPSA) is 42.1 Å². The Hall–Kier alpha value is -2.04. The number of nitrogens with one attached hydrogen (secondary N) is 1. The summed E-state index contributed by atoms with van der Waals surface area (Å²) < 4.78 is 8.83. The summed E-state index contributed by atoms with van der Waals surface area (Å²) in [7, 11) is 0. The van der Waals surface area contributed by atoms with E-state index in [2.05, 4.69) is 10.4 Å². The minimum atomic E-state index is -0.0650. The molecule has 0 amide bonds. The molecule has 2 aromatic carbocycles. The molecule has 1 atom stereocenters. The van der Waals surface area contributed by atoms with Crippen LogP contribution in [-0.4, -0.2) is 4.37 Å². The second-order valence-corrected chi connectivity index (χ2v) is 6.81. The van der Waals surface area contributed by atoms with E-state index in [0.29, 0.717) is 0 Å². The predicted octanol–water partition coefficient (Wildman–Crippen LogP) is 4.82. The number of hydrogen-bond acceptors (Lipinski definition) is 3. The Kier molecular flexibility index (Phi) is 3.71. The van der Waals surface area contributed by atoms with E-state index in [1.54, 1.807) is 6.07 Å². The molecule has 1 aliphatic carbocycles. The van der Waals surface area contributed by atoms with E-state index in [0.717, 1.165) is 34.1 Å². The van der Waals surface area contributed by atoms with Crippen molar-refractivity contribution in [2.24, 2.45) is 0 Å². The van der Waals surface area contributed by atoms with E-state index >= 15 is 0 Å². The number of benzene rings is 2. The number of hydrogen-bond donors (Lipinski definition) is 1. The molecule has 116 valence electrons. The lowest BCUT2D eigenvalue weighted by molar-refractivity contribution is 0.207. The van der Waals surface area contributed by atoms with Gasteiger partial charge in [-0.15, -0.1) is 0 Å². The highest BCUT2D eigenvalue weighted by atomic mass is 35.5. The van der Waals surface area contributed by atoms with Gasteiger partial charge in [0.05, 0.1) is 4.88 Å². The van der Waals surface area contributed by atoms with Crippen molar-refractivity contribution in [3.05, 3.63) is 75.0 Å². The van der Waals surface area contributed by atoms with Gasteiger partial charge >= 0.3 is 0 Å². The number of rotatable bonds is 3. The standard InChI is InChI=1S/C18H14ClNO2S/c19-15-3-1-2-14-13(15)8-9-16(14)22-12-6-4-11(5-7-12)17-10-18(21)20-23-17/h1-7,10,16H,8-9H2,(H,20,21)/t16-/m1/s1. The van der Waals surface area contributed by atoms with Gasteiger partial charge in [0.25, 0.3) is 5.56 Å². The van der Waals surface area contributed by atoms with Gasteiger partial charge in [-0.05, 0) is 59.9 Å². The molecular formula is C18H14ClNO2S. The summed E-state index contributed by atoms with van der Waals surface area (Å²) in [4.78, 5) is 12.2. The van der Waals surface area contributed by atoms with Crippen molar-refractivity contribution in [2.45, 2.75) is 18.9 Å². The smallest absolute Gasteiger partial charge is 0.258 e. The van der Waals surface area contributed by atoms with E-state index < -0.39 is 0 Å². The lowest BCUT2D eigenvalue weighted by Gasteiger charge is -2.15. The third kappa shape index (κ3) is 2.80. The molecule has 5 heteroatoms. The van der Waals surface area contributed by atoms with E-state index in [4.69, 9.17) is 16.3 Å². The third-order valence-corrected chi connectivity index (χ3v) is 5.33. The summed E-state index contributed by atoms with van der Waals surface area (Å²) in [5.41, 5.74) is 3.33.